The molecule has 3 nitrogen and oxygen atoms in total. The first-order chi connectivity index (χ1) is 6.61. The molecule has 0 saturated heterocycles. The van der Waals surface area contributed by atoms with Crippen molar-refractivity contribution in [2.75, 3.05) is 0 Å². The van der Waals surface area contributed by atoms with E-state index >= 15 is 0 Å². The van der Waals surface area contributed by atoms with E-state index in [1.807, 2.05) is 6.92 Å². The number of aliphatic hydroxyl groups excluding tert-OH is 1. The van der Waals surface area contributed by atoms with Crippen LogP contribution in [0.25, 0.3) is 12.3 Å². The molecule has 0 spiro atoms. The maximum Gasteiger partial charge on any atom is 0.166 e. The van der Waals surface area contributed by atoms with Crippen LogP contribution >= 0.6 is 0 Å². The minimum absolute atomic E-state index is 0.119. The van der Waals surface area contributed by atoms with Gasteiger partial charge >= 0.3 is 0 Å². The highest BCUT2D eigenvalue weighted by Gasteiger charge is 2.02. The lowest BCUT2D eigenvalue weighted by Gasteiger charge is -1.96. The van der Waals surface area contributed by atoms with Crippen molar-refractivity contribution in [2.24, 2.45) is 7.05 Å². The molecule has 3 heteroatoms. The third-order valence-corrected chi connectivity index (χ3v) is 2.04. The quantitative estimate of drug-likeness (QED) is 0.691. The van der Waals surface area contributed by atoms with E-state index in [2.05, 4.69) is 6.58 Å². The standard InChI is InChI=1S/C11H13NO2/c1-4-5-10(14)11-8(2)6-9(7-13)12(11)3/h4-7,14H,2H2,1,3H3/b5-4-,11-10-. The molecule has 74 valence electrons. The Kier molecular flexibility index (Phi) is 2.92. The predicted octanol–water partition coefficient (Wildman–Crippen LogP) is 0.490. The van der Waals surface area contributed by atoms with E-state index in [1.54, 1.807) is 29.8 Å². The van der Waals surface area contributed by atoms with E-state index in [9.17, 15) is 9.90 Å². The smallest absolute Gasteiger partial charge is 0.166 e. The van der Waals surface area contributed by atoms with E-state index < -0.39 is 0 Å². The number of aliphatic hydroxyl groups is 1. The molecule has 0 bridgehead atoms. The Morgan fingerprint density at radius 2 is 2.29 bits per heavy atom. The van der Waals surface area contributed by atoms with Crippen LogP contribution in [-0.2, 0) is 7.05 Å². The van der Waals surface area contributed by atoms with E-state index in [4.69, 9.17) is 0 Å². The normalized spacial score (nSPS) is 13.3. The lowest BCUT2D eigenvalue weighted by molar-refractivity contribution is 0.111. The van der Waals surface area contributed by atoms with Gasteiger partial charge in [0.25, 0.3) is 0 Å². The van der Waals surface area contributed by atoms with Gasteiger partial charge in [0.1, 0.15) is 5.76 Å². The zero-order valence-corrected chi connectivity index (χ0v) is 8.32. The average Bonchev–Trinajstić information content (AvgIpc) is 2.41. The van der Waals surface area contributed by atoms with Crippen molar-refractivity contribution in [3.8, 4) is 0 Å². The molecule has 0 unspecified atom stereocenters. The third-order valence-electron chi connectivity index (χ3n) is 2.04. The van der Waals surface area contributed by atoms with Crippen LogP contribution < -0.4 is 10.6 Å². The number of carbonyl (C=O) groups is 1. The maximum atomic E-state index is 10.6. The van der Waals surface area contributed by atoms with Crippen LogP contribution in [0, 0.1) is 0 Å². The summed E-state index contributed by atoms with van der Waals surface area (Å²) in [6.07, 6.45) is 4.03. The second kappa shape index (κ2) is 3.96. The van der Waals surface area contributed by atoms with Crippen LogP contribution in [0.1, 0.15) is 17.4 Å². The summed E-state index contributed by atoms with van der Waals surface area (Å²) < 4.78 is 1.62. The summed E-state index contributed by atoms with van der Waals surface area (Å²) in [7, 11) is 1.72. The molecule has 14 heavy (non-hydrogen) atoms. The highest BCUT2D eigenvalue weighted by atomic mass is 16.3. The van der Waals surface area contributed by atoms with E-state index in [0.29, 0.717) is 16.3 Å². The topological polar surface area (TPSA) is 42.2 Å². The van der Waals surface area contributed by atoms with Crippen LogP contribution in [0.3, 0.4) is 0 Å². The molecule has 0 aliphatic heterocycles. The van der Waals surface area contributed by atoms with E-state index in [1.165, 1.54) is 0 Å². The monoisotopic (exact) mass is 191 g/mol. The summed E-state index contributed by atoms with van der Waals surface area (Å²) in [4.78, 5) is 10.6. The molecule has 0 atom stereocenters. The molecule has 1 aromatic rings. The molecule has 0 aliphatic rings. The first-order valence-electron chi connectivity index (χ1n) is 4.27. The second-order valence-electron chi connectivity index (χ2n) is 3.01. The molecular weight excluding hydrogens is 178 g/mol. The van der Waals surface area contributed by atoms with Gasteiger partial charge in [0.2, 0.25) is 0 Å². The van der Waals surface area contributed by atoms with Crippen LogP contribution in [0.2, 0.25) is 0 Å². The largest absolute Gasteiger partial charge is 0.506 e. The van der Waals surface area contributed by atoms with Gasteiger partial charge in [-0.2, -0.15) is 0 Å². The Bertz CT molecular complexity index is 480. The van der Waals surface area contributed by atoms with Gasteiger partial charge in [-0.25, -0.2) is 0 Å². The third kappa shape index (κ3) is 1.62. The van der Waals surface area contributed by atoms with Crippen LogP contribution in [-0.4, -0.2) is 16.0 Å². The summed E-state index contributed by atoms with van der Waals surface area (Å²) in [6.45, 7) is 5.57. The first kappa shape index (κ1) is 10.3. The summed E-state index contributed by atoms with van der Waals surface area (Å²) in [5.74, 6) is 0.119. The number of carbonyl (C=O) groups excluding carboxylic acids is 1. The van der Waals surface area contributed by atoms with Crippen LogP contribution in [0.4, 0.5) is 0 Å². The van der Waals surface area contributed by atoms with Crippen molar-refractivity contribution in [1.82, 2.24) is 4.57 Å². The van der Waals surface area contributed by atoms with Gasteiger partial charge in [-0.3, -0.25) is 4.79 Å². The van der Waals surface area contributed by atoms with Crippen molar-refractivity contribution in [2.45, 2.75) is 6.92 Å². The zero-order chi connectivity index (χ0) is 10.7. The average molecular weight is 191 g/mol. The van der Waals surface area contributed by atoms with Crippen molar-refractivity contribution >= 4 is 18.6 Å². The zero-order valence-electron chi connectivity index (χ0n) is 8.32. The maximum absolute atomic E-state index is 10.6. The Morgan fingerprint density at radius 3 is 2.71 bits per heavy atom. The van der Waals surface area contributed by atoms with Crippen molar-refractivity contribution in [3.05, 3.63) is 34.5 Å². The SMILES string of the molecule is C=c1cc(C=O)n(C)/c1=C(O)/C=C\C. The van der Waals surface area contributed by atoms with Crippen molar-refractivity contribution in [1.29, 1.82) is 0 Å². The highest BCUT2D eigenvalue weighted by Crippen LogP contribution is 1.90. The fourth-order valence-electron chi connectivity index (χ4n) is 1.37. The van der Waals surface area contributed by atoms with Crippen molar-refractivity contribution in [3.63, 3.8) is 0 Å². The molecule has 0 saturated carbocycles. The molecule has 0 amide bonds. The molecule has 1 aromatic heterocycles. The Hall–Kier alpha value is -1.77. The minimum Gasteiger partial charge on any atom is -0.506 e. The van der Waals surface area contributed by atoms with Gasteiger partial charge in [-0.05, 0) is 24.3 Å². The predicted molar refractivity (Wildman–Crippen MR) is 56.4 cm³/mol. The summed E-state index contributed by atoms with van der Waals surface area (Å²) in [5, 5.41) is 10.9. The molecule has 1 N–H and O–H groups in total. The molecule has 1 rings (SSSR count). The number of allylic oxidation sites excluding steroid dienone is 1. The lowest BCUT2D eigenvalue weighted by atomic mass is 10.3. The number of hydrogen-bond acceptors (Lipinski definition) is 2. The van der Waals surface area contributed by atoms with Gasteiger partial charge in [0, 0.05) is 7.05 Å². The number of rotatable bonds is 2. The number of aldehydes is 1. The van der Waals surface area contributed by atoms with E-state index in [-0.39, 0.29) is 5.76 Å². The van der Waals surface area contributed by atoms with Gasteiger partial charge < -0.3 is 9.67 Å². The van der Waals surface area contributed by atoms with Crippen LogP contribution in [0.5, 0.6) is 0 Å². The molecule has 0 fully saturated rings. The summed E-state index contributed by atoms with van der Waals surface area (Å²) in [5.41, 5.74) is 0.501. The van der Waals surface area contributed by atoms with Crippen LogP contribution in [0.15, 0.2) is 18.2 Å². The van der Waals surface area contributed by atoms with Gasteiger partial charge in [0.05, 0.1) is 11.0 Å². The molecule has 0 radical (unpaired) electrons. The number of nitrogens with zero attached hydrogens (tertiary/aromatic N) is 1. The highest BCUT2D eigenvalue weighted by molar-refractivity contribution is 5.72. The summed E-state index contributed by atoms with van der Waals surface area (Å²) >= 11 is 0. The number of aromatic nitrogens is 1. The minimum atomic E-state index is 0.119. The Morgan fingerprint density at radius 1 is 1.64 bits per heavy atom. The van der Waals surface area contributed by atoms with E-state index in [0.717, 1.165) is 6.29 Å². The van der Waals surface area contributed by atoms with Crippen molar-refractivity contribution < 1.29 is 9.90 Å². The molecular formula is C11H13NO2. The fourth-order valence-corrected chi connectivity index (χ4v) is 1.37. The Balaban J connectivity index is 3.65. The number of hydrogen-bond donors (Lipinski definition) is 1. The molecule has 0 aliphatic carbocycles. The first-order valence-corrected chi connectivity index (χ1v) is 4.27. The molecule has 0 aromatic carbocycles. The van der Waals surface area contributed by atoms with Gasteiger partial charge in [0.15, 0.2) is 6.29 Å². The second-order valence-corrected chi connectivity index (χ2v) is 3.01. The van der Waals surface area contributed by atoms with Gasteiger partial charge in [-0.1, -0.05) is 12.7 Å². The molecule has 1 heterocycles. The Labute approximate surface area is 82.3 Å². The fraction of sp³-hybridized carbons (Fsp3) is 0.182. The van der Waals surface area contributed by atoms with Gasteiger partial charge in [-0.15, -0.1) is 0 Å². The summed E-state index contributed by atoms with van der Waals surface area (Å²) in [6, 6.07) is 1.64. The lowest BCUT2D eigenvalue weighted by Crippen LogP contribution is -2.29.